The van der Waals surface area contributed by atoms with E-state index in [0.29, 0.717) is 12.6 Å². The molecule has 0 unspecified atom stereocenters. The molecule has 7 heteroatoms. The van der Waals surface area contributed by atoms with Gasteiger partial charge in [-0.3, -0.25) is 19.4 Å². The third kappa shape index (κ3) is 3.72. The maximum Gasteiger partial charge on any atom is 0.241 e. The number of nitrogens with one attached hydrogen (secondary N) is 1. The first kappa shape index (κ1) is 17.0. The molecule has 2 aromatic rings. The van der Waals surface area contributed by atoms with Crippen LogP contribution in [0.3, 0.4) is 0 Å². The third-order valence-corrected chi connectivity index (χ3v) is 5.13. The summed E-state index contributed by atoms with van der Waals surface area (Å²) in [7, 11) is 1.65. The first-order valence-electron chi connectivity index (χ1n) is 9.31. The van der Waals surface area contributed by atoms with Crippen molar-refractivity contribution < 1.29 is 9.53 Å². The Hall–Kier alpha value is -2.41. The van der Waals surface area contributed by atoms with Crippen molar-refractivity contribution in [3.63, 3.8) is 0 Å². The Balaban J connectivity index is 1.44. The number of aromatic nitrogens is 3. The molecule has 2 fully saturated rings. The molecule has 1 saturated heterocycles. The van der Waals surface area contributed by atoms with Crippen molar-refractivity contribution in [3.05, 3.63) is 36.4 Å². The average molecular weight is 355 g/mol. The van der Waals surface area contributed by atoms with Crippen molar-refractivity contribution in [3.8, 4) is 5.75 Å². The van der Waals surface area contributed by atoms with Gasteiger partial charge < -0.3 is 10.1 Å². The highest BCUT2D eigenvalue weighted by molar-refractivity contribution is 5.94. The van der Waals surface area contributed by atoms with Crippen molar-refractivity contribution in [2.24, 2.45) is 0 Å². The Morgan fingerprint density at radius 1 is 1.35 bits per heavy atom. The van der Waals surface area contributed by atoms with Crippen LogP contribution in [0.1, 0.15) is 43.8 Å². The van der Waals surface area contributed by atoms with E-state index in [-0.39, 0.29) is 11.9 Å². The van der Waals surface area contributed by atoms with E-state index < -0.39 is 0 Å². The number of likely N-dealkylation sites (tertiary alicyclic amines) is 1. The standard InChI is InChI=1S/C19H25N5O2/c1-26-18-6-4-9-20-16(18)13-23-10-3-2-5-17(23)19(25)22-14-11-21-24(12-14)15-7-8-15/h4,6,9,11-12,15,17H,2-3,5,7-8,10,13H2,1H3,(H,22,25)/t17-/m1/s1. The minimum absolute atomic E-state index is 0.0370. The summed E-state index contributed by atoms with van der Waals surface area (Å²) in [5, 5.41) is 7.39. The van der Waals surface area contributed by atoms with Gasteiger partial charge in [-0.05, 0) is 44.4 Å². The Morgan fingerprint density at radius 2 is 2.23 bits per heavy atom. The fraction of sp³-hybridized carbons (Fsp3) is 0.526. The second-order valence-corrected chi connectivity index (χ2v) is 7.06. The van der Waals surface area contributed by atoms with E-state index in [9.17, 15) is 4.79 Å². The van der Waals surface area contributed by atoms with Crippen LogP contribution in [0, 0.1) is 0 Å². The third-order valence-electron chi connectivity index (χ3n) is 5.13. The van der Waals surface area contributed by atoms with Crippen molar-refractivity contribution in [1.29, 1.82) is 0 Å². The van der Waals surface area contributed by atoms with E-state index in [4.69, 9.17) is 4.74 Å². The quantitative estimate of drug-likeness (QED) is 0.862. The normalized spacial score (nSPS) is 20.7. The summed E-state index contributed by atoms with van der Waals surface area (Å²) in [6.45, 7) is 1.50. The summed E-state index contributed by atoms with van der Waals surface area (Å²) in [6, 6.07) is 4.14. The van der Waals surface area contributed by atoms with E-state index in [0.717, 1.165) is 42.9 Å². The van der Waals surface area contributed by atoms with Crippen LogP contribution < -0.4 is 10.1 Å². The van der Waals surface area contributed by atoms with Gasteiger partial charge in [-0.25, -0.2) is 0 Å². The van der Waals surface area contributed by atoms with Gasteiger partial charge in [0, 0.05) is 18.9 Å². The number of anilines is 1. The summed E-state index contributed by atoms with van der Waals surface area (Å²) in [6.07, 6.45) is 10.8. The molecule has 0 aromatic carbocycles. The number of carbonyl (C=O) groups is 1. The zero-order valence-corrected chi connectivity index (χ0v) is 15.1. The minimum Gasteiger partial charge on any atom is -0.495 e. The summed E-state index contributed by atoms with van der Waals surface area (Å²) >= 11 is 0. The van der Waals surface area contributed by atoms with Gasteiger partial charge in [0.05, 0.1) is 36.8 Å². The highest BCUT2D eigenvalue weighted by atomic mass is 16.5. The number of nitrogens with zero attached hydrogens (tertiary/aromatic N) is 4. The predicted octanol–water partition coefficient (Wildman–Crippen LogP) is 2.61. The molecule has 4 rings (SSSR count). The van der Waals surface area contributed by atoms with Crippen LogP contribution in [-0.2, 0) is 11.3 Å². The number of piperidine rings is 1. The van der Waals surface area contributed by atoms with Gasteiger partial charge in [0.2, 0.25) is 5.91 Å². The Labute approximate surface area is 153 Å². The number of amides is 1. The summed E-state index contributed by atoms with van der Waals surface area (Å²) in [4.78, 5) is 19.5. The Bertz CT molecular complexity index is 771. The number of methoxy groups -OCH3 is 1. The number of ether oxygens (including phenoxy) is 1. The molecule has 1 aliphatic heterocycles. The second-order valence-electron chi connectivity index (χ2n) is 7.06. The average Bonchev–Trinajstić information content (AvgIpc) is 3.42. The lowest BCUT2D eigenvalue weighted by molar-refractivity contribution is -0.122. The SMILES string of the molecule is COc1cccnc1CN1CCCC[C@@H]1C(=O)Nc1cnn(C2CC2)c1. The molecule has 7 nitrogen and oxygen atoms in total. The van der Waals surface area contributed by atoms with E-state index in [1.807, 2.05) is 23.0 Å². The number of rotatable bonds is 6. The molecule has 2 aliphatic rings. The lowest BCUT2D eigenvalue weighted by Crippen LogP contribution is -2.46. The largest absolute Gasteiger partial charge is 0.495 e. The Kier molecular flexibility index (Phi) is 4.88. The molecule has 1 aliphatic carbocycles. The molecular weight excluding hydrogens is 330 g/mol. The van der Waals surface area contributed by atoms with E-state index in [1.165, 1.54) is 12.8 Å². The molecule has 138 valence electrons. The van der Waals surface area contributed by atoms with E-state index in [2.05, 4.69) is 20.3 Å². The van der Waals surface area contributed by atoms with Gasteiger partial charge in [0.15, 0.2) is 0 Å². The van der Waals surface area contributed by atoms with Crippen LogP contribution in [0.25, 0.3) is 0 Å². The van der Waals surface area contributed by atoms with Crippen molar-refractivity contribution >= 4 is 11.6 Å². The summed E-state index contributed by atoms with van der Waals surface area (Å²) in [5.74, 6) is 0.804. The molecule has 0 spiro atoms. The molecular formula is C19H25N5O2. The molecule has 2 aromatic heterocycles. The first-order valence-corrected chi connectivity index (χ1v) is 9.31. The Morgan fingerprint density at radius 3 is 3.04 bits per heavy atom. The molecule has 1 saturated carbocycles. The second kappa shape index (κ2) is 7.45. The molecule has 1 N–H and O–H groups in total. The molecule has 0 bridgehead atoms. The van der Waals surface area contributed by atoms with Gasteiger partial charge in [-0.1, -0.05) is 6.42 Å². The smallest absolute Gasteiger partial charge is 0.241 e. The van der Waals surface area contributed by atoms with Gasteiger partial charge in [-0.2, -0.15) is 5.10 Å². The number of carbonyl (C=O) groups excluding carboxylic acids is 1. The molecule has 1 amide bonds. The monoisotopic (exact) mass is 355 g/mol. The predicted molar refractivity (Wildman–Crippen MR) is 98.0 cm³/mol. The van der Waals surface area contributed by atoms with Crippen LogP contribution in [0.2, 0.25) is 0 Å². The van der Waals surface area contributed by atoms with E-state index >= 15 is 0 Å². The van der Waals surface area contributed by atoms with Crippen LogP contribution in [0.5, 0.6) is 5.75 Å². The van der Waals surface area contributed by atoms with Crippen LogP contribution in [0.4, 0.5) is 5.69 Å². The van der Waals surface area contributed by atoms with Gasteiger partial charge in [-0.15, -0.1) is 0 Å². The number of hydrogen-bond donors (Lipinski definition) is 1. The lowest BCUT2D eigenvalue weighted by Gasteiger charge is -2.34. The molecule has 26 heavy (non-hydrogen) atoms. The number of hydrogen-bond acceptors (Lipinski definition) is 5. The summed E-state index contributed by atoms with van der Waals surface area (Å²) < 4.78 is 7.36. The van der Waals surface area contributed by atoms with Gasteiger partial charge in [0.1, 0.15) is 5.75 Å². The maximum atomic E-state index is 12.9. The topological polar surface area (TPSA) is 72.3 Å². The van der Waals surface area contributed by atoms with Crippen LogP contribution in [-0.4, -0.2) is 45.3 Å². The fourth-order valence-corrected chi connectivity index (χ4v) is 3.56. The highest BCUT2D eigenvalue weighted by Gasteiger charge is 2.30. The minimum atomic E-state index is -0.153. The molecule has 3 heterocycles. The maximum absolute atomic E-state index is 12.9. The highest BCUT2D eigenvalue weighted by Crippen LogP contribution is 2.34. The fourth-order valence-electron chi connectivity index (χ4n) is 3.56. The van der Waals surface area contributed by atoms with Crippen molar-refractivity contribution in [1.82, 2.24) is 19.7 Å². The molecule has 0 radical (unpaired) electrons. The number of pyridine rings is 1. The van der Waals surface area contributed by atoms with Crippen LogP contribution in [0.15, 0.2) is 30.7 Å². The molecule has 1 atom stereocenters. The van der Waals surface area contributed by atoms with E-state index in [1.54, 1.807) is 19.5 Å². The summed E-state index contributed by atoms with van der Waals surface area (Å²) in [5.41, 5.74) is 1.65. The lowest BCUT2D eigenvalue weighted by atomic mass is 10.0. The van der Waals surface area contributed by atoms with Gasteiger partial charge in [0.25, 0.3) is 0 Å². The van der Waals surface area contributed by atoms with Crippen molar-refractivity contribution in [2.75, 3.05) is 19.0 Å². The first-order chi connectivity index (χ1) is 12.7. The van der Waals surface area contributed by atoms with Crippen LogP contribution >= 0.6 is 0 Å². The zero-order valence-electron chi connectivity index (χ0n) is 15.1. The zero-order chi connectivity index (χ0) is 17.9. The van der Waals surface area contributed by atoms with Gasteiger partial charge >= 0.3 is 0 Å². The van der Waals surface area contributed by atoms with Crippen molar-refractivity contribution in [2.45, 2.75) is 50.7 Å².